The lowest BCUT2D eigenvalue weighted by Crippen LogP contribution is -2.51. The molecule has 0 fully saturated rings. The van der Waals surface area contributed by atoms with Crippen LogP contribution in [-0.4, -0.2) is 48.2 Å². The number of amides is 1. The van der Waals surface area contributed by atoms with Gasteiger partial charge in [0, 0.05) is 0 Å². The molecule has 2 aromatic carbocycles. The van der Waals surface area contributed by atoms with Crippen molar-refractivity contribution in [1.82, 2.24) is 5.32 Å². The van der Waals surface area contributed by atoms with E-state index < -0.39 is 0 Å². The van der Waals surface area contributed by atoms with E-state index in [0.717, 1.165) is 41.4 Å². The summed E-state index contributed by atoms with van der Waals surface area (Å²) >= 11 is 0. The van der Waals surface area contributed by atoms with E-state index in [1.54, 1.807) is 12.1 Å². The summed E-state index contributed by atoms with van der Waals surface area (Å²) in [6.07, 6.45) is 0. The molecule has 1 amide bonds. The molecule has 0 aliphatic carbocycles. The maximum Gasteiger partial charge on any atom is 0.255 e. The first-order valence-corrected chi connectivity index (χ1v) is 8.40. The van der Waals surface area contributed by atoms with Gasteiger partial charge in [0.15, 0.2) is 0 Å². The van der Waals surface area contributed by atoms with Crippen LogP contribution in [0.1, 0.15) is 31.1 Å². The second kappa shape index (κ2) is 7.47. The van der Waals surface area contributed by atoms with Gasteiger partial charge in [-0.1, -0.05) is 24.3 Å². The zero-order valence-electron chi connectivity index (χ0n) is 14.3. The summed E-state index contributed by atoms with van der Waals surface area (Å²) in [6.45, 7) is 11.3. The van der Waals surface area contributed by atoms with Gasteiger partial charge in [0.2, 0.25) is 0 Å². The van der Waals surface area contributed by atoms with Crippen molar-refractivity contribution in [2.24, 2.45) is 0 Å². The van der Waals surface area contributed by atoms with Gasteiger partial charge >= 0.3 is 0 Å². The lowest BCUT2D eigenvalue weighted by Gasteiger charge is -2.35. The first-order valence-electron chi connectivity index (χ1n) is 8.40. The molecule has 23 heavy (non-hydrogen) atoms. The molecule has 0 aromatic heterocycles. The summed E-state index contributed by atoms with van der Waals surface area (Å²) in [7, 11) is 0. The Labute approximate surface area is 138 Å². The van der Waals surface area contributed by atoms with E-state index in [2.05, 4.69) is 26.1 Å². The fraction of sp³-hybridized carbons (Fsp3) is 0.421. The van der Waals surface area contributed by atoms with Gasteiger partial charge in [-0.15, -0.1) is 0 Å². The molecule has 4 heteroatoms. The maximum absolute atomic E-state index is 12.4. The van der Waals surface area contributed by atoms with E-state index in [0.29, 0.717) is 12.1 Å². The standard InChI is InChI=1S/C19H26N2O2/c1-4-21(5-2,6-3)12-11-20-19(23)17-13-15-9-7-8-10-16(15)14-18(17)22/h7-10,13-14H,4-6,11-12H2,1-3H3,(H-,20,22,23)/p+1. The Morgan fingerprint density at radius 1 is 1.04 bits per heavy atom. The highest BCUT2D eigenvalue weighted by molar-refractivity contribution is 6.01. The molecular formula is C19H27N2O2+. The van der Waals surface area contributed by atoms with Crippen LogP contribution >= 0.6 is 0 Å². The lowest BCUT2D eigenvalue weighted by atomic mass is 10.1. The molecule has 0 aliphatic rings. The first kappa shape index (κ1) is 17.3. The molecule has 0 aliphatic heterocycles. The van der Waals surface area contributed by atoms with E-state index in [-0.39, 0.29) is 11.7 Å². The molecule has 2 rings (SSSR count). The van der Waals surface area contributed by atoms with Crippen LogP contribution in [0.5, 0.6) is 5.75 Å². The van der Waals surface area contributed by atoms with Crippen molar-refractivity contribution in [1.29, 1.82) is 0 Å². The number of rotatable bonds is 7. The average molecular weight is 315 g/mol. The zero-order valence-corrected chi connectivity index (χ0v) is 14.3. The van der Waals surface area contributed by atoms with Crippen LogP contribution in [0.15, 0.2) is 36.4 Å². The summed E-state index contributed by atoms with van der Waals surface area (Å²) in [4.78, 5) is 12.4. The smallest absolute Gasteiger partial charge is 0.255 e. The number of fused-ring (bicyclic) bond motifs is 1. The molecule has 4 nitrogen and oxygen atoms in total. The number of carbonyl (C=O) groups excluding carboxylic acids is 1. The molecule has 0 radical (unpaired) electrons. The van der Waals surface area contributed by atoms with E-state index >= 15 is 0 Å². The Hall–Kier alpha value is -2.07. The molecule has 124 valence electrons. The van der Waals surface area contributed by atoms with Crippen LogP contribution in [0, 0.1) is 0 Å². The summed E-state index contributed by atoms with van der Waals surface area (Å²) in [6, 6.07) is 11.1. The third kappa shape index (κ3) is 3.82. The highest BCUT2D eigenvalue weighted by atomic mass is 16.3. The minimum Gasteiger partial charge on any atom is -0.507 e. The highest BCUT2D eigenvalue weighted by Gasteiger charge is 2.21. The van der Waals surface area contributed by atoms with E-state index in [9.17, 15) is 9.90 Å². The largest absolute Gasteiger partial charge is 0.507 e. The van der Waals surface area contributed by atoms with Gasteiger partial charge in [0.1, 0.15) is 5.75 Å². The molecule has 0 unspecified atom stereocenters. The topological polar surface area (TPSA) is 49.3 Å². The lowest BCUT2D eigenvalue weighted by molar-refractivity contribution is -0.922. The number of carbonyl (C=O) groups is 1. The van der Waals surface area contributed by atoms with Gasteiger partial charge in [-0.25, -0.2) is 0 Å². The zero-order chi connectivity index (χ0) is 16.9. The second-order valence-electron chi connectivity index (χ2n) is 5.99. The highest BCUT2D eigenvalue weighted by Crippen LogP contribution is 2.24. The monoisotopic (exact) mass is 315 g/mol. The van der Waals surface area contributed by atoms with Crippen molar-refractivity contribution >= 4 is 16.7 Å². The Kier molecular flexibility index (Phi) is 5.61. The molecule has 2 aromatic rings. The van der Waals surface area contributed by atoms with Crippen molar-refractivity contribution in [2.45, 2.75) is 20.8 Å². The minimum absolute atomic E-state index is 0.0310. The molecule has 0 atom stereocenters. The number of quaternary nitrogens is 1. The van der Waals surface area contributed by atoms with Crippen LogP contribution in [0.4, 0.5) is 0 Å². The van der Waals surface area contributed by atoms with Crippen molar-refractivity contribution in [2.75, 3.05) is 32.7 Å². The molecule has 0 bridgehead atoms. The van der Waals surface area contributed by atoms with Gasteiger partial charge in [-0.05, 0) is 43.7 Å². The molecule has 0 spiro atoms. The number of nitrogens with one attached hydrogen (secondary N) is 1. The minimum atomic E-state index is -0.213. The fourth-order valence-electron chi connectivity index (χ4n) is 3.06. The van der Waals surface area contributed by atoms with Crippen LogP contribution in [0.3, 0.4) is 0 Å². The number of likely N-dealkylation sites (N-methyl/N-ethyl adjacent to an activating group) is 1. The fourth-order valence-corrected chi connectivity index (χ4v) is 3.06. The molecular weight excluding hydrogens is 288 g/mol. The Balaban J connectivity index is 2.08. The first-order chi connectivity index (χ1) is 11.0. The van der Waals surface area contributed by atoms with Gasteiger partial charge in [-0.3, -0.25) is 4.79 Å². The van der Waals surface area contributed by atoms with Crippen LogP contribution in [0.25, 0.3) is 10.8 Å². The normalized spacial score (nSPS) is 11.6. The van der Waals surface area contributed by atoms with E-state index in [4.69, 9.17) is 0 Å². The molecule has 0 heterocycles. The number of phenolic OH excluding ortho intramolecular Hbond substituents is 1. The Bertz CT molecular complexity index is 670. The number of phenols is 1. The Morgan fingerprint density at radius 3 is 2.17 bits per heavy atom. The predicted molar refractivity (Wildman–Crippen MR) is 94.7 cm³/mol. The van der Waals surface area contributed by atoms with E-state index in [1.807, 2.05) is 24.3 Å². The molecule has 2 N–H and O–H groups in total. The quantitative estimate of drug-likeness (QED) is 0.771. The predicted octanol–water partition coefficient (Wildman–Crippen LogP) is 3.15. The third-order valence-corrected chi connectivity index (χ3v) is 4.99. The van der Waals surface area contributed by atoms with Gasteiger partial charge in [0.25, 0.3) is 5.91 Å². The third-order valence-electron chi connectivity index (χ3n) is 4.99. The number of nitrogens with zero attached hydrogens (tertiary/aromatic N) is 1. The summed E-state index contributed by atoms with van der Waals surface area (Å²) < 4.78 is 0.990. The van der Waals surface area contributed by atoms with Crippen LogP contribution in [0.2, 0.25) is 0 Å². The number of benzene rings is 2. The van der Waals surface area contributed by atoms with Crippen LogP contribution in [-0.2, 0) is 0 Å². The Morgan fingerprint density at radius 2 is 1.61 bits per heavy atom. The van der Waals surface area contributed by atoms with Gasteiger partial charge < -0.3 is 14.9 Å². The van der Waals surface area contributed by atoms with Crippen molar-refractivity contribution in [3.05, 3.63) is 42.0 Å². The van der Waals surface area contributed by atoms with Gasteiger partial charge in [-0.2, -0.15) is 0 Å². The SMILES string of the molecule is CC[N+](CC)(CC)CCNC(=O)c1cc2ccccc2cc1O. The second-order valence-corrected chi connectivity index (χ2v) is 5.99. The summed E-state index contributed by atoms with van der Waals surface area (Å²) in [5.74, 6) is -0.182. The van der Waals surface area contributed by atoms with E-state index in [1.165, 1.54) is 0 Å². The number of aromatic hydroxyl groups is 1. The average Bonchev–Trinajstić information content (AvgIpc) is 2.58. The maximum atomic E-state index is 12.4. The molecule has 0 saturated heterocycles. The number of hydrogen-bond acceptors (Lipinski definition) is 2. The molecule has 0 saturated carbocycles. The van der Waals surface area contributed by atoms with Crippen molar-refractivity contribution in [3.8, 4) is 5.75 Å². The summed E-state index contributed by atoms with van der Waals surface area (Å²) in [5.41, 5.74) is 0.339. The summed E-state index contributed by atoms with van der Waals surface area (Å²) in [5, 5.41) is 14.9. The van der Waals surface area contributed by atoms with Gasteiger partial charge in [0.05, 0.1) is 38.3 Å². The number of hydrogen-bond donors (Lipinski definition) is 2. The van der Waals surface area contributed by atoms with Crippen molar-refractivity contribution < 1.29 is 14.4 Å². The van der Waals surface area contributed by atoms with Crippen LogP contribution < -0.4 is 5.32 Å². The van der Waals surface area contributed by atoms with Crippen molar-refractivity contribution in [3.63, 3.8) is 0 Å².